The Morgan fingerprint density at radius 1 is 1.22 bits per heavy atom. The third-order valence-electron chi connectivity index (χ3n) is 3.56. The van der Waals surface area contributed by atoms with Crippen LogP contribution in [0, 0.1) is 0 Å². The van der Waals surface area contributed by atoms with E-state index in [-0.39, 0.29) is 0 Å². The Balaban J connectivity index is 1.73. The third-order valence-corrected chi connectivity index (χ3v) is 3.75. The fourth-order valence-electron chi connectivity index (χ4n) is 2.41. The number of aromatic amines is 1. The Morgan fingerprint density at radius 2 is 2.09 bits per heavy atom. The summed E-state index contributed by atoms with van der Waals surface area (Å²) in [6.07, 6.45) is 2.40. The summed E-state index contributed by atoms with van der Waals surface area (Å²) in [5, 5.41) is 3.70. The van der Waals surface area contributed by atoms with Crippen LogP contribution in [0.25, 0.3) is 11.0 Å². The molecule has 0 atom stereocenters. The van der Waals surface area contributed by atoms with Crippen LogP contribution in [0.5, 0.6) is 11.5 Å². The fraction of sp³-hybridized carbons (Fsp3) is 0.250. The highest BCUT2D eigenvalue weighted by Crippen LogP contribution is 2.25. The molecule has 23 heavy (non-hydrogen) atoms. The van der Waals surface area contributed by atoms with E-state index in [0.717, 1.165) is 34.5 Å². The van der Waals surface area contributed by atoms with E-state index < -0.39 is 0 Å². The highest BCUT2D eigenvalue weighted by Gasteiger charge is 2.09. The summed E-state index contributed by atoms with van der Waals surface area (Å²) >= 11 is 6.02. The quantitative estimate of drug-likeness (QED) is 0.678. The molecule has 0 saturated heterocycles. The van der Waals surface area contributed by atoms with Gasteiger partial charge in [0, 0.05) is 18.7 Å². The van der Waals surface area contributed by atoms with Gasteiger partial charge < -0.3 is 19.8 Å². The molecule has 0 unspecified atom stereocenters. The van der Waals surface area contributed by atoms with Gasteiger partial charge in [0.15, 0.2) is 5.82 Å². The molecule has 0 radical (unpaired) electrons. The second kappa shape index (κ2) is 6.75. The SMILES string of the molecule is COc1ccc(CCNc2nc(Cl)cc3[nH]cnc23)c(OC)c1. The monoisotopic (exact) mass is 332 g/mol. The van der Waals surface area contributed by atoms with Crippen molar-refractivity contribution in [2.75, 3.05) is 26.1 Å². The number of anilines is 1. The summed E-state index contributed by atoms with van der Waals surface area (Å²) in [5.74, 6) is 2.24. The second-order valence-corrected chi connectivity index (χ2v) is 5.33. The average Bonchev–Trinajstić information content (AvgIpc) is 3.03. The summed E-state index contributed by atoms with van der Waals surface area (Å²) in [4.78, 5) is 11.6. The first-order valence-electron chi connectivity index (χ1n) is 7.15. The van der Waals surface area contributed by atoms with Gasteiger partial charge in [0.2, 0.25) is 0 Å². The lowest BCUT2D eigenvalue weighted by Gasteiger charge is -2.11. The number of hydrogen-bond acceptors (Lipinski definition) is 5. The average molecular weight is 333 g/mol. The maximum absolute atomic E-state index is 6.02. The maximum atomic E-state index is 6.02. The molecular weight excluding hydrogens is 316 g/mol. The van der Waals surface area contributed by atoms with Gasteiger partial charge in [-0.15, -0.1) is 0 Å². The Bertz CT molecular complexity index is 819. The smallest absolute Gasteiger partial charge is 0.155 e. The number of aromatic nitrogens is 3. The number of hydrogen-bond donors (Lipinski definition) is 2. The van der Waals surface area contributed by atoms with Crippen molar-refractivity contribution >= 4 is 28.5 Å². The van der Waals surface area contributed by atoms with Crippen LogP contribution in [-0.2, 0) is 6.42 Å². The van der Waals surface area contributed by atoms with Gasteiger partial charge in [-0.3, -0.25) is 0 Å². The number of halogens is 1. The van der Waals surface area contributed by atoms with Gasteiger partial charge in [0.05, 0.1) is 26.1 Å². The van der Waals surface area contributed by atoms with Gasteiger partial charge in [-0.1, -0.05) is 17.7 Å². The molecule has 2 heterocycles. The predicted molar refractivity (Wildman–Crippen MR) is 90.6 cm³/mol. The minimum absolute atomic E-state index is 0.422. The molecule has 7 heteroatoms. The molecule has 3 aromatic rings. The molecule has 1 aromatic carbocycles. The van der Waals surface area contributed by atoms with Crippen LogP contribution in [0.4, 0.5) is 5.82 Å². The number of rotatable bonds is 6. The normalized spacial score (nSPS) is 10.7. The molecule has 0 spiro atoms. The van der Waals surface area contributed by atoms with Crippen LogP contribution >= 0.6 is 11.6 Å². The summed E-state index contributed by atoms with van der Waals surface area (Å²) in [7, 11) is 3.29. The highest BCUT2D eigenvalue weighted by molar-refractivity contribution is 6.30. The van der Waals surface area contributed by atoms with Crippen LogP contribution in [-0.4, -0.2) is 35.7 Å². The first-order valence-corrected chi connectivity index (χ1v) is 7.53. The number of fused-ring (bicyclic) bond motifs is 1. The van der Waals surface area contributed by atoms with Crippen LogP contribution < -0.4 is 14.8 Å². The largest absolute Gasteiger partial charge is 0.497 e. The van der Waals surface area contributed by atoms with E-state index in [1.54, 1.807) is 26.6 Å². The first kappa shape index (κ1) is 15.4. The molecular formula is C16H17ClN4O2. The molecule has 0 fully saturated rings. The fourth-order valence-corrected chi connectivity index (χ4v) is 2.60. The lowest BCUT2D eigenvalue weighted by atomic mass is 10.1. The first-order chi connectivity index (χ1) is 11.2. The second-order valence-electron chi connectivity index (χ2n) is 4.95. The zero-order valence-corrected chi connectivity index (χ0v) is 13.6. The van der Waals surface area contributed by atoms with Crippen molar-refractivity contribution in [3.8, 4) is 11.5 Å². The molecule has 0 aliphatic carbocycles. The number of ether oxygens (including phenoxy) is 2. The van der Waals surface area contributed by atoms with Gasteiger partial charge in [-0.2, -0.15) is 0 Å². The number of nitrogens with one attached hydrogen (secondary N) is 2. The molecule has 3 rings (SSSR count). The summed E-state index contributed by atoms with van der Waals surface area (Å²) < 4.78 is 10.6. The van der Waals surface area contributed by atoms with Crippen molar-refractivity contribution < 1.29 is 9.47 Å². The van der Waals surface area contributed by atoms with E-state index in [1.807, 2.05) is 18.2 Å². The molecule has 0 bridgehead atoms. The minimum Gasteiger partial charge on any atom is -0.497 e. The van der Waals surface area contributed by atoms with E-state index in [2.05, 4.69) is 20.3 Å². The lowest BCUT2D eigenvalue weighted by Crippen LogP contribution is -2.08. The predicted octanol–water partition coefficient (Wildman–Crippen LogP) is 3.28. The van der Waals surface area contributed by atoms with Gasteiger partial charge in [-0.25, -0.2) is 9.97 Å². The Morgan fingerprint density at radius 3 is 2.87 bits per heavy atom. The topological polar surface area (TPSA) is 72.1 Å². The lowest BCUT2D eigenvalue weighted by molar-refractivity contribution is 0.391. The van der Waals surface area contributed by atoms with Crippen molar-refractivity contribution in [1.82, 2.24) is 15.0 Å². The zero-order chi connectivity index (χ0) is 16.2. The van der Waals surface area contributed by atoms with E-state index >= 15 is 0 Å². The van der Waals surface area contributed by atoms with E-state index in [0.29, 0.717) is 17.5 Å². The van der Waals surface area contributed by atoms with Crippen LogP contribution in [0.1, 0.15) is 5.56 Å². The summed E-state index contributed by atoms with van der Waals surface area (Å²) in [6.45, 7) is 0.679. The van der Waals surface area contributed by atoms with Crippen LogP contribution in [0.15, 0.2) is 30.6 Å². The molecule has 2 N–H and O–H groups in total. The van der Waals surface area contributed by atoms with Gasteiger partial charge in [0.1, 0.15) is 22.2 Å². The van der Waals surface area contributed by atoms with Crippen LogP contribution in [0.3, 0.4) is 0 Å². The molecule has 0 aliphatic heterocycles. The van der Waals surface area contributed by atoms with Crippen molar-refractivity contribution in [3.63, 3.8) is 0 Å². The number of imidazole rings is 1. The Hall–Kier alpha value is -2.47. The number of methoxy groups -OCH3 is 2. The van der Waals surface area contributed by atoms with Crippen molar-refractivity contribution in [3.05, 3.63) is 41.3 Å². The number of nitrogens with zero attached hydrogens (tertiary/aromatic N) is 2. The summed E-state index contributed by atoms with van der Waals surface area (Å²) in [6, 6.07) is 7.54. The van der Waals surface area contributed by atoms with Gasteiger partial charge >= 0.3 is 0 Å². The zero-order valence-electron chi connectivity index (χ0n) is 12.9. The van der Waals surface area contributed by atoms with E-state index in [4.69, 9.17) is 21.1 Å². The van der Waals surface area contributed by atoms with E-state index in [1.165, 1.54) is 0 Å². The minimum atomic E-state index is 0.422. The van der Waals surface area contributed by atoms with Crippen molar-refractivity contribution in [1.29, 1.82) is 0 Å². The highest BCUT2D eigenvalue weighted by atomic mass is 35.5. The molecule has 0 saturated carbocycles. The Kier molecular flexibility index (Phi) is 4.52. The van der Waals surface area contributed by atoms with Gasteiger partial charge in [-0.05, 0) is 18.1 Å². The number of pyridine rings is 1. The molecule has 0 aliphatic rings. The van der Waals surface area contributed by atoms with Gasteiger partial charge in [0.25, 0.3) is 0 Å². The van der Waals surface area contributed by atoms with Crippen molar-refractivity contribution in [2.45, 2.75) is 6.42 Å². The van der Waals surface area contributed by atoms with Crippen molar-refractivity contribution in [2.24, 2.45) is 0 Å². The number of H-pyrrole nitrogens is 1. The third kappa shape index (κ3) is 3.32. The van der Waals surface area contributed by atoms with Crippen LogP contribution in [0.2, 0.25) is 5.15 Å². The number of benzene rings is 1. The molecule has 120 valence electrons. The molecule has 2 aromatic heterocycles. The Labute approximate surface area is 138 Å². The standard InChI is InChI=1S/C16H17ClN4O2/c1-22-11-4-3-10(13(7-11)23-2)5-6-18-16-15-12(19-9-20-15)8-14(17)21-16/h3-4,7-9H,5-6H2,1-2H3,(H,18,21)(H,19,20). The van der Waals surface area contributed by atoms with E-state index in [9.17, 15) is 0 Å². The molecule has 0 amide bonds. The maximum Gasteiger partial charge on any atom is 0.155 e. The summed E-state index contributed by atoms with van der Waals surface area (Å²) in [5.41, 5.74) is 2.71. The molecule has 6 nitrogen and oxygen atoms in total.